The van der Waals surface area contributed by atoms with E-state index in [4.69, 9.17) is 4.74 Å². The molecular weight excluding hydrogens is 413 g/mol. The number of rotatable bonds is 7. The number of carbonyl (C=O) groups excluding carboxylic acids is 3. The van der Waals surface area contributed by atoms with E-state index in [2.05, 4.69) is 10.6 Å². The predicted molar refractivity (Wildman–Crippen MR) is 117 cm³/mol. The van der Waals surface area contributed by atoms with Crippen LogP contribution in [-0.2, 0) is 9.53 Å². The monoisotopic (exact) mass is 437 g/mol. The summed E-state index contributed by atoms with van der Waals surface area (Å²) in [4.78, 5) is 38.0. The Morgan fingerprint density at radius 1 is 1.16 bits per heavy atom. The minimum Gasteiger partial charge on any atom is -0.442 e. The molecule has 2 fully saturated rings. The molecule has 0 aliphatic carbocycles. The molecule has 0 radical (unpaired) electrons. The van der Waals surface area contributed by atoms with Crippen molar-refractivity contribution < 1.29 is 23.5 Å². The lowest BCUT2D eigenvalue weighted by Gasteiger charge is -2.21. The maximum atomic E-state index is 14.6. The Labute approximate surface area is 185 Å². The molecule has 0 bridgehead atoms. The number of benzene rings is 2. The van der Waals surface area contributed by atoms with Gasteiger partial charge in [-0.3, -0.25) is 14.5 Å². The van der Waals surface area contributed by atoms with Gasteiger partial charge >= 0.3 is 6.09 Å². The van der Waals surface area contributed by atoms with E-state index in [1.165, 1.54) is 17.0 Å². The van der Waals surface area contributed by atoms with Gasteiger partial charge < -0.3 is 15.4 Å². The molecule has 1 unspecified atom stereocenters. The van der Waals surface area contributed by atoms with Crippen molar-refractivity contribution in [2.24, 2.45) is 0 Å². The fourth-order valence-electron chi connectivity index (χ4n) is 4.01. The van der Waals surface area contributed by atoms with Crippen molar-refractivity contribution in [3.05, 3.63) is 77.6 Å². The van der Waals surface area contributed by atoms with Gasteiger partial charge in [-0.1, -0.05) is 36.4 Å². The number of allylic oxidation sites excluding steroid dienone is 1. The minimum absolute atomic E-state index is 0.00922. The molecule has 7 nitrogen and oxygen atoms in total. The maximum Gasteiger partial charge on any atom is 0.414 e. The lowest BCUT2D eigenvalue weighted by Crippen LogP contribution is -2.34. The molecule has 166 valence electrons. The molecule has 2 amide bonds. The van der Waals surface area contributed by atoms with Crippen molar-refractivity contribution in [2.45, 2.75) is 18.4 Å². The van der Waals surface area contributed by atoms with Gasteiger partial charge in [-0.05, 0) is 31.2 Å². The summed E-state index contributed by atoms with van der Waals surface area (Å²) < 4.78 is 20.0. The molecule has 32 heavy (non-hydrogen) atoms. The van der Waals surface area contributed by atoms with Crippen LogP contribution >= 0.6 is 0 Å². The van der Waals surface area contributed by atoms with Crippen LogP contribution in [0, 0.1) is 5.82 Å². The van der Waals surface area contributed by atoms with E-state index in [-0.39, 0.29) is 30.6 Å². The van der Waals surface area contributed by atoms with Crippen LogP contribution in [0.5, 0.6) is 0 Å². The van der Waals surface area contributed by atoms with Crippen LogP contribution in [0.2, 0.25) is 0 Å². The molecule has 8 heteroatoms. The number of hydrogen-bond donors (Lipinski definition) is 2. The molecule has 0 aromatic heterocycles. The van der Waals surface area contributed by atoms with Gasteiger partial charge in [-0.25, -0.2) is 9.18 Å². The molecular formula is C24H24FN3O4. The Bertz CT molecular complexity index is 1030. The van der Waals surface area contributed by atoms with Crippen molar-refractivity contribution in [3.8, 4) is 0 Å². The quantitative estimate of drug-likeness (QED) is 0.514. The van der Waals surface area contributed by atoms with Crippen LogP contribution in [0.3, 0.4) is 0 Å². The van der Waals surface area contributed by atoms with Crippen molar-refractivity contribution in [1.82, 2.24) is 10.6 Å². The minimum atomic E-state index is -0.581. The number of carbonyl (C=O) groups is 3. The van der Waals surface area contributed by atoms with Gasteiger partial charge in [-0.15, -0.1) is 0 Å². The summed E-state index contributed by atoms with van der Waals surface area (Å²) in [5.41, 5.74) is 1.51. The summed E-state index contributed by atoms with van der Waals surface area (Å²) in [6, 6.07) is 13.3. The van der Waals surface area contributed by atoms with Crippen molar-refractivity contribution in [3.63, 3.8) is 0 Å². The van der Waals surface area contributed by atoms with Gasteiger partial charge in [0.25, 0.3) is 0 Å². The SMILES string of the molecule is O=C(/C=C/C(=O)c1ccccc1)NC[C@H]1CN(c2cccc(F)c2C2CCNC2)C(=O)O1. The van der Waals surface area contributed by atoms with Crippen molar-refractivity contribution in [1.29, 1.82) is 0 Å². The highest BCUT2D eigenvalue weighted by Gasteiger charge is 2.36. The number of nitrogens with one attached hydrogen (secondary N) is 2. The number of amides is 2. The average Bonchev–Trinajstić information content (AvgIpc) is 3.46. The second kappa shape index (κ2) is 9.74. The van der Waals surface area contributed by atoms with Gasteiger partial charge in [0.05, 0.1) is 18.8 Å². The number of anilines is 1. The van der Waals surface area contributed by atoms with Gasteiger partial charge in [-0.2, -0.15) is 0 Å². The summed E-state index contributed by atoms with van der Waals surface area (Å²) in [5, 5.41) is 5.86. The molecule has 4 rings (SSSR count). The molecule has 0 saturated carbocycles. The largest absolute Gasteiger partial charge is 0.442 e. The first kappa shape index (κ1) is 21.7. The standard InChI is InChI=1S/C24H24FN3O4/c25-19-7-4-8-20(23(19)17-11-12-26-13-17)28-15-18(32-24(28)31)14-27-22(30)10-9-21(29)16-5-2-1-3-6-16/h1-10,17-18,26H,11-15H2,(H,27,30)/b10-9+/t17?,18-/m0/s1. The molecule has 0 spiro atoms. The second-order valence-corrected chi connectivity index (χ2v) is 7.79. The molecule has 2 aromatic rings. The summed E-state index contributed by atoms with van der Waals surface area (Å²) in [6.07, 6.45) is 2.00. The lowest BCUT2D eigenvalue weighted by atomic mass is 9.95. The van der Waals surface area contributed by atoms with Crippen LogP contribution < -0.4 is 15.5 Å². The summed E-state index contributed by atoms with van der Waals surface area (Å²) in [6.45, 7) is 1.74. The summed E-state index contributed by atoms with van der Waals surface area (Å²) in [7, 11) is 0. The number of halogens is 1. The van der Waals surface area contributed by atoms with Gasteiger partial charge in [0.2, 0.25) is 5.91 Å². The third kappa shape index (κ3) is 4.86. The van der Waals surface area contributed by atoms with Crippen molar-refractivity contribution >= 4 is 23.5 Å². The van der Waals surface area contributed by atoms with E-state index in [0.717, 1.165) is 19.0 Å². The Balaban J connectivity index is 1.36. The molecule has 2 N–H and O–H groups in total. The van der Waals surface area contributed by atoms with Gasteiger partial charge in [0, 0.05) is 29.7 Å². The lowest BCUT2D eigenvalue weighted by molar-refractivity contribution is -0.116. The van der Waals surface area contributed by atoms with E-state index in [9.17, 15) is 18.8 Å². The van der Waals surface area contributed by atoms with Crippen LogP contribution in [-0.4, -0.2) is 50.1 Å². The topological polar surface area (TPSA) is 87.7 Å². The van der Waals surface area contributed by atoms with Crippen LogP contribution in [0.1, 0.15) is 28.3 Å². The number of cyclic esters (lactones) is 1. The zero-order chi connectivity index (χ0) is 22.5. The zero-order valence-corrected chi connectivity index (χ0v) is 17.4. The first-order chi connectivity index (χ1) is 15.5. The molecule has 2 aliphatic rings. The Hall–Kier alpha value is -3.52. The highest BCUT2D eigenvalue weighted by Crippen LogP contribution is 2.35. The second-order valence-electron chi connectivity index (χ2n) is 7.79. The zero-order valence-electron chi connectivity index (χ0n) is 17.4. The predicted octanol–water partition coefficient (Wildman–Crippen LogP) is 2.78. The smallest absolute Gasteiger partial charge is 0.414 e. The molecule has 2 heterocycles. The van der Waals surface area contributed by atoms with Crippen LogP contribution in [0.15, 0.2) is 60.7 Å². The Kier molecular flexibility index (Phi) is 6.61. The van der Waals surface area contributed by atoms with E-state index >= 15 is 0 Å². The highest BCUT2D eigenvalue weighted by atomic mass is 19.1. The average molecular weight is 437 g/mol. The number of ether oxygens (including phenoxy) is 1. The van der Waals surface area contributed by atoms with E-state index < -0.39 is 18.1 Å². The maximum absolute atomic E-state index is 14.6. The van der Waals surface area contributed by atoms with Crippen molar-refractivity contribution in [2.75, 3.05) is 31.1 Å². The molecule has 2 aromatic carbocycles. The fraction of sp³-hybridized carbons (Fsp3) is 0.292. The third-order valence-electron chi connectivity index (χ3n) is 5.61. The molecule has 2 saturated heterocycles. The van der Waals surface area contributed by atoms with Crippen LogP contribution in [0.25, 0.3) is 0 Å². The van der Waals surface area contributed by atoms with Gasteiger partial charge in [0.1, 0.15) is 11.9 Å². The van der Waals surface area contributed by atoms with Gasteiger partial charge in [0.15, 0.2) is 5.78 Å². The van der Waals surface area contributed by atoms with E-state index in [1.807, 2.05) is 0 Å². The Morgan fingerprint density at radius 2 is 1.97 bits per heavy atom. The van der Waals surface area contributed by atoms with E-state index in [0.29, 0.717) is 23.4 Å². The highest BCUT2D eigenvalue weighted by molar-refractivity contribution is 6.07. The van der Waals surface area contributed by atoms with E-state index in [1.54, 1.807) is 42.5 Å². The van der Waals surface area contributed by atoms with Crippen LogP contribution in [0.4, 0.5) is 14.9 Å². The third-order valence-corrected chi connectivity index (χ3v) is 5.61. The first-order valence-corrected chi connectivity index (χ1v) is 10.6. The fourth-order valence-corrected chi connectivity index (χ4v) is 4.01. The number of ketones is 1. The normalized spacial score (nSPS) is 20.5. The molecule has 2 atom stereocenters. The first-order valence-electron chi connectivity index (χ1n) is 10.6. The summed E-state index contributed by atoms with van der Waals surface area (Å²) in [5.74, 6) is -1.09. The number of hydrogen-bond acceptors (Lipinski definition) is 5. The molecule has 2 aliphatic heterocycles. The Morgan fingerprint density at radius 3 is 2.72 bits per heavy atom. The number of nitrogens with zero attached hydrogens (tertiary/aromatic N) is 1. The summed E-state index contributed by atoms with van der Waals surface area (Å²) >= 11 is 0.